The number of esters is 1. The van der Waals surface area contributed by atoms with Gasteiger partial charge in [0.15, 0.2) is 0 Å². The summed E-state index contributed by atoms with van der Waals surface area (Å²) in [7, 11) is 1.18. The number of hydrogen-bond acceptors (Lipinski definition) is 7. The van der Waals surface area contributed by atoms with Crippen LogP contribution in [0.2, 0.25) is 0 Å². The summed E-state index contributed by atoms with van der Waals surface area (Å²) in [4.78, 5) is 40.2. The summed E-state index contributed by atoms with van der Waals surface area (Å²) < 4.78 is 30.4. The van der Waals surface area contributed by atoms with Crippen LogP contribution in [0.1, 0.15) is 329 Å². The second kappa shape index (κ2) is 60.8. The molecule has 0 saturated heterocycles. The fraction of sp³-hybridized carbons (Fsp3) is 0.831. The summed E-state index contributed by atoms with van der Waals surface area (Å²) in [6, 6.07) is -0.899. The monoisotopic (exact) mass is 1160 g/mol. The number of rotatable bonds is 63. The molecule has 0 spiro atoms. The second-order valence-corrected chi connectivity index (χ2v) is 26.1. The van der Waals surface area contributed by atoms with Crippen molar-refractivity contribution in [1.29, 1.82) is 0 Å². The molecule has 3 unspecified atom stereocenters. The first-order chi connectivity index (χ1) is 39.4. The zero-order valence-electron chi connectivity index (χ0n) is 54.2. The van der Waals surface area contributed by atoms with Gasteiger partial charge in [0.1, 0.15) is 19.3 Å². The Balaban J connectivity index is 5.19. The fourth-order valence-corrected chi connectivity index (χ4v) is 10.8. The number of nitrogens with zero attached hydrogens (tertiary/aromatic N) is 1. The van der Waals surface area contributed by atoms with Gasteiger partial charge in [0, 0.05) is 12.8 Å². The average molecular weight is 1160 g/mol. The molecule has 0 saturated carbocycles. The van der Waals surface area contributed by atoms with Crippen LogP contribution in [-0.2, 0) is 27.9 Å². The molecule has 3 atom stereocenters. The maximum absolute atomic E-state index is 13.6. The highest BCUT2D eigenvalue weighted by Gasteiger charge is 2.27. The third-order valence-corrected chi connectivity index (χ3v) is 16.4. The molecule has 10 heteroatoms. The predicted octanol–water partition coefficient (Wildman–Crippen LogP) is 21.2. The number of carbonyl (C=O) groups excluding carboxylic acids is 2. The van der Waals surface area contributed by atoms with Gasteiger partial charge in [-0.15, -0.1) is 0 Å². The number of amides is 1. The van der Waals surface area contributed by atoms with Gasteiger partial charge in [0.25, 0.3) is 7.82 Å². The van der Waals surface area contributed by atoms with E-state index >= 15 is 0 Å². The predicted molar refractivity (Wildman–Crippen MR) is 349 cm³/mol. The van der Waals surface area contributed by atoms with Crippen molar-refractivity contribution in [2.45, 2.75) is 341 Å². The summed E-state index contributed by atoms with van der Waals surface area (Å²) in [6.45, 7) is 6.84. The standard InChI is InChI=1S/C71H133N2O7P/c1-7-10-13-16-19-22-25-28-30-32-34-36-38-40-42-45-48-51-54-57-60-63-70(74)72-68(67-79-81(76,77)78-66-65-73(4,5)6)69(62-59-56-53-50-47-44-27-24-21-18-15-12-9-3)80-71(75)64-61-58-55-52-49-46-43-41-39-37-35-33-31-29-26-23-20-17-14-11-8-2/h19,22,28,30,34,36,40,42,59,62,68-69H,7-18,20-21,23-27,29,31-33,35,37-39,41,43-58,60-61,63-67H2,1-6H3,(H-,72,74,76,77)/b22-19-,30-28-,36-34-,42-40-,62-59+. The van der Waals surface area contributed by atoms with E-state index in [1.165, 1.54) is 199 Å². The van der Waals surface area contributed by atoms with Crippen molar-refractivity contribution in [1.82, 2.24) is 5.32 Å². The number of ether oxygens (including phenoxy) is 1. The van der Waals surface area contributed by atoms with Gasteiger partial charge in [0.05, 0.1) is 33.8 Å². The van der Waals surface area contributed by atoms with E-state index in [2.05, 4.69) is 74.7 Å². The van der Waals surface area contributed by atoms with Crippen molar-refractivity contribution in [2.75, 3.05) is 40.9 Å². The quantitative estimate of drug-likeness (QED) is 0.0212. The van der Waals surface area contributed by atoms with Crippen molar-refractivity contribution >= 4 is 19.7 Å². The fourth-order valence-electron chi connectivity index (χ4n) is 10.1. The molecule has 0 aliphatic heterocycles. The summed E-state index contributed by atoms with van der Waals surface area (Å²) in [5.74, 6) is -0.549. The molecule has 0 aliphatic rings. The third kappa shape index (κ3) is 62.1. The highest BCUT2D eigenvalue weighted by Crippen LogP contribution is 2.38. The summed E-state index contributed by atoms with van der Waals surface area (Å²) >= 11 is 0. The largest absolute Gasteiger partial charge is 0.756 e. The van der Waals surface area contributed by atoms with Gasteiger partial charge in [-0.05, 0) is 76.7 Å². The number of unbranched alkanes of at least 4 members (excludes halogenated alkanes) is 39. The van der Waals surface area contributed by atoms with Crippen LogP contribution in [0.15, 0.2) is 60.8 Å². The normalized spacial score (nSPS) is 13.9. The Hall–Kier alpha value is -2.29. The molecule has 0 aromatic rings. The highest BCUT2D eigenvalue weighted by atomic mass is 31.2. The number of allylic oxidation sites excluding steroid dienone is 9. The van der Waals surface area contributed by atoms with Crippen LogP contribution in [0, 0.1) is 0 Å². The first kappa shape index (κ1) is 78.7. The van der Waals surface area contributed by atoms with Crippen LogP contribution < -0.4 is 10.2 Å². The molecule has 0 heterocycles. The first-order valence-electron chi connectivity index (χ1n) is 34.6. The smallest absolute Gasteiger partial charge is 0.306 e. The van der Waals surface area contributed by atoms with Crippen LogP contribution in [0.3, 0.4) is 0 Å². The lowest BCUT2D eigenvalue weighted by Gasteiger charge is -2.30. The van der Waals surface area contributed by atoms with Crippen LogP contribution >= 0.6 is 7.82 Å². The molecule has 474 valence electrons. The average Bonchev–Trinajstić information content (AvgIpc) is 3.44. The molecule has 0 aromatic carbocycles. The number of hydrogen-bond donors (Lipinski definition) is 1. The zero-order chi connectivity index (χ0) is 59.3. The SMILES string of the molecule is CCCCC/C=C\C/C=C\C/C=C\C/C=C\CCCCCCCC(=O)NC(COP(=O)([O-])OCC[N+](C)(C)C)C(/C=C/CCCCCCCCCCCCC)OC(=O)CCCCCCCCCCCCCCCCCCCCCCC. The van der Waals surface area contributed by atoms with Gasteiger partial charge in [-0.2, -0.15) is 0 Å². The molecular formula is C71H133N2O7P. The molecule has 1 N–H and O–H groups in total. The molecule has 0 fully saturated rings. The van der Waals surface area contributed by atoms with Crippen molar-refractivity contribution in [2.24, 2.45) is 0 Å². The van der Waals surface area contributed by atoms with Crippen LogP contribution in [0.4, 0.5) is 0 Å². The third-order valence-electron chi connectivity index (χ3n) is 15.5. The minimum atomic E-state index is -4.71. The molecule has 0 aromatic heterocycles. The van der Waals surface area contributed by atoms with Crippen molar-refractivity contribution in [3.63, 3.8) is 0 Å². The van der Waals surface area contributed by atoms with Crippen molar-refractivity contribution < 1.29 is 37.3 Å². The van der Waals surface area contributed by atoms with E-state index in [4.69, 9.17) is 13.8 Å². The van der Waals surface area contributed by atoms with E-state index in [1.807, 2.05) is 33.3 Å². The van der Waals surface area contributed by atoms with E-state index < -0.39 is 26.6 Å². The molecule has 1 amide bonds. The lowest BCUT2D eigenvalue weighted by molar-refractivity contribution is -0.870. The van der Waals surface area contributed by atoms with Crippen molar-refractivity contribution in [3.8, 4) is 0 Å². The Bertz CT molecular complexity index is 1570. The first-order valence-corrected chi connectivity index (χ1v) is 36.1. The molecule has 0 rings (SSSR count). The Kier molecular flexibility index (Phi) is 59.1. The highest BCUT2D eigenvalue weighted by molar-refractivity contribution is 7.45. The van der Waals surface area contributed by atoms with Gasteiger partial charge in [-0.3, -0.25) is 14.2 Å². The van der Waals surface area contributed by atoms with E-state index in [0.29, 0.717) is 17.4 Å². The Morgan fingerprint density at radius 3 is 1.15 bits per heavy atom. The maximum atomic E-state index is 13.6. The van der Waals surface area contributed by atoms with Gasteiger partial charge in [-0.25, -0.2) is 0 Å². The van der Waals surface area contributed by atoms with Gasteiger partial charge in [0.2, 0.25) is 5.91 Å². The van der Waals surface area contributed by atoms with Crippen LogP contribution in [-0.4, -0.2) is 69.4 Å². The molecule has 0 bridgehead atoms. The van der Waals surface area contributed by atoms with Gasteiger partial charge >= 0.3 is 5.97 Å². The minimum Gasteiger partial charge on any atom is -0.756 e. The summed E-state index contributed by atoms with van der Waals surface area (Å²) in [5, 5.41) is 3.03. The minimum absolute atomic E-state index is 0.0261. The number of phosphoric ester groups is 1. The number of quaternary nitrogens is 1. The maximum Gasteiger partial charge on any atom is 0.306 e. The van der Waals surface area contributed by atoms with Crippen molar-refractivity contribution in [3.05, 3.63) is 60.8 Å². The molecule has 9 nitrogen and oxygen atoms in total. The number of likely N-dealkylation sites (N-methyl/N-ethyl adjacent to an activating group) is 1. The Morgan fingerprint density at radius 2 is 0.753 bits per heavy atom. The summed E-state index contributed by atoms with van der Waals surface area (Å²) in [5.41, 5.74) is 0. The topological polar surface area (TPSA) is 114 Å². The lowest BCUT2D eigenvalue weighted by atomic mass is 10.0. The second-order valence-electron chi connectivity index (χ2n) is 24.7. The number of nitrogens with one attached hydrogen (secondary N) is 1. The Labute approximate surface area is 502 Å². The molecular weight excluding hydrogens is 1020 g/mol. The number of phosphoric acid groups is 1. The zero-order valence-corrected chi connectivity index (χ0v) is 55.1. The molecule has 0 radical (unpaired) electrons. The van der Waals surface area contributed by atoms with E-state index in [9.17, 15) is 19.0 Å². The molecule has 81 heavy (non-hydrogen) atoms. The van der Waals surface area contributed by atoms with E-state index in [0.717, 1.165) is 96.3 Å². The number of carbonyl (C=O) groups is 2. The van der Waals surface area contributed by atoms with E-state index in [-0.39, 0.29) is 24.9 Å². The summed E-state index contributed by atoms with van der Waals surface area (Å²) in [6.07, 6.45) is 77.6. The van der Waals surface area contributed by atoms with E-state index in [1.54, 1.807) is 0 Å². The van der Waals surface area contributed by atoms with Crippen LogP contribution in [0.5, 0.6) is 0 Å². The Morgan fingerprint density at radius 1 is 0.432 bits per heavy atom. The lowest BCUT2D eigenvalue weighted by Crippen LogP contribution is -2.47. The molecule has 0 aliphatic carbocycles. The van der Waals surface area contributed by atoms with Gasteiger partial charge < -0.3 is 28.5 Å². The van der Waals surface area contributed by atoms with Crippen LogP contribution in [0.25, 0.3) is 0 Å². The van der Waals surface area contributed by atoms with Gasteiger partial charge in [-0.1, -0.05) is 300 Å².